The lowest BCUT2D eigenvalue weighted by Gasteiger charge is -2.26. The third kappa shape index (κ3) is 4.46. The maximum absolute atomic E-state index is 12.1. The van der Waals surface area contributed by atoms with Crippen LogP contribution < -0.4 is 4.31 Å². The normalized spacial score (nSPS) is 10.8. The Kier molecular flexibility index (Phi) is 5.73. The van der Waals surface area contributed by atoms with Gasteiger partial charge in [0.05, 0.1) is 23.6 Å². The van der Waals surface area contributed by atoms with Crippen LogP contribution in [0.2, 0.25) is 0 Å². The number of hydrogen-bond donors (Lipinski definition) is 0. The standard InChI is InChI=1S/C14H19N3O3S/c1-4-16(5-2)14(18)11-17(21(3,19)20)13-8-6-7-12(9-13)10-15/h6-9H,4-5,11H2,1-3H3. The molecule has 0 aliphatic carbocycles. The van der Waals surface area contributed by atoms with Crippen LogP contribution in [0.1, 0.15) is 19.4 Å². The number of nitrogens with zero attached hydrogens (tertiary/aromatic N) is 3. The van der Waals surface area contributed by atoms with Crippen molar-refractivity contribution in [3.8, 4) is 6.07 Å². The molecule has 0 bridgehead atoms. The molecular weight excluding hydrogens is 290 g/mol. The second kappa shape index (κ2) is 7.09. The quantitative estimate of drug-likeness (QED) is 0.790. The van der Waals surface area contributed by atoms with Crippen LogP contribution in [-0.4, -0.2) is 45.1 Å². The average Bonchev–Trinajstić information content (AvgIpc) is 2.45. The van der Waals surface area contributed by atoms with E-state index in [1.165, 1.54) is 6.07 Å². The number of carbonyl (C=O) groups excluding carboxylic acids is 1. The molecule has 0 aliphatic rings. The van der Waals surface area contributed by atoms with Crippen LogP contribution in [0.25, 0.3) is 0 Å². The molecule has 7 heteroatoms. The topological polar surface area (TPSA) is 81.5 Å². The Bertz CT molecular complexity index is 646. The zero-order valence-corrected chi connectivity index (χ0v) is 13.2. The highest BCUT2D eigenvalue weighted by atomic mass is 32.2. The SMILES string of the molecule is CCN(CC)C(=O)CN(c1cccc(C#N)c1)S(C)(=O)=O. The Morgan fingerprint density at radius 3 is 2.38 bits per heavy atom. The zero-order valence-electron chi connectivity index (χ0n) is 12.4. The van der Waals surface area contributed by atoms with E-state index in [2.05, 4.69) is 0 Å². The molecule has 6 nitrogen and oxygen atoms in total. The molecule has 1 aromatic carbocycles. The number of likely N-dealkylation sites (N-methyl/N-ethyl adjacent to an activating group) is 1. The molecule has 1 aromatic rings. The van der Waals surface area contributed by atoms with Crippen molar-refractivity contribution >= 4 is 21.6 Å². The van der Waals surface area contributed by atoms with Gasteiger partial charge >= 0.3 is 0 Å². The molecule has 0 aliphatic heterocycles. The molecule has 0 aromatic heterocycles. The molecule has 21 heavy (non-hydrogen) atoms. The van der Waals surface area contributed by atoms with Crippen LogP contribution in [0, 0.1) is 11.3 Å². The van der Waals surface area contributed by atoms with Crippen molar-refractivity contribution in [2.45, 2.75) is 13.8 Å². The van der Waals surface area contributed by atoms with Gasteiger partial charge in [-0.2, -0.15) is 5.26 Å². The smallest absolute Gasteiger partial charge is 0.243 e. The van der Waals surface area contributed by atoms with Gasteiger partial charge in [0.25, 0.3) is 0 Å². The summed E-state index contributed by atoms with van der Waals surface area (Å²) < 4.78 is 24.9. The summed E-state index contributed by atoms with van der Waals surface area (Å²) in [6.45, 7) is 4.44. The summed E-state index contributed by atoms with van der Waals surface area (Å²) in [6.07, 6.45) is 1.04. The molecule has 0 atom stereocenters. The van der Waals surface area contributed by atoms with Crippen LogP contribution in [0.15, 0.2) is 24.3 Å². The molecule has 0 heterocycles. The highest BCUT2D eigenvalue weighted by molar-refractivity contribution is 7.92. The lowest BCUT2D eigenvalue weighted by Crippen LogP contribution is -2.42. The van der Waals surface area contributed by atoms with Gasteiger partial charge in [-0.15, -0.1) is 0 Å². The summed E-state index contributed by atoms with van der Waals surface area (Å²) in [7, 11) is -3.61. The summed E-state index contributed by atoms with van der Waals surface area (Å²) >= 11 is 0. The number of nitriles is 1. The highest BCUT2D eigenvalue weighted by Crippen LogP contribution is 2.19. The third-order valence-electron chi connectivity index (χ3n) is 3.06. The van der Waals surface area contributed by atoms with Gasteiger partial charge in [-0.25, -0.2) is 8.42 Å². The summed E-state index contributed by atoms with van der Waals surface area (Å²) in [5.74, 6) is -0.271. The number of carbonyl (C=O) groups is 1. The Hall–Kier alpha value is -2.07. The maximum atomic E-state index is 12.1. The molecule has 1 amide bonds. The zero-order chi connectivity index (χ0) is 16.0. The van der Waals surface area contributed by atoms with E-state index in [9.17, 15) is 13.2 Å². The summed E-state index contributed by atoms with van der Waals surface area (Å²) in [5, 5.41) is 8.90. The van der Waals surface area contributed by atoms with Crippen molar-refractivity contribution in [1.29, 1.82) is 5.26 Å². The van der Waals surface area contributed by atoms with E-state index in [4.69, 9.17) is 5.26 Å². The minimum absolute atomic E-state index is 0.268. The molecule has 114 valence electrons. The minimum atomic E-state index is -3.61. The number of hydrogen-bond acceptors (Lipinski definition) is 4. The number of benzene rings is 1. The van der Waals surface area contributed by atoms with Crippen molar-refractivity contribution in [3.63, 3.8) is 0 Å². The molecule has 0 saturated heterocycles. The fraction of sp³-hybridized carbons (Fsp3) is 0.429. The molecule has 0 spiro atoms. The van der Waals surface area contributed by atoms with Gasteiger partial charge in [0.1, 0.15) is 6.54 Å². The molecule has 1 rings (SSSR count). The van der Waals surface area contributed by atoms with Gasteiger partial charge in [-0.05, 0) is 32.0 Å². The van der Waals surface area contributed by atoms with Gasteiger partial charge in [-0.3, -0.25) is 9.10 Å². The van der Waals surface area contributed by atoms with Crippen molar-refractivity contribution in [2.75, 3.05) is 30.2 Å². The van der Waals surface area contributed by atoms with E-state index in [0.29, 0.717) is 24.3 Å². The molecule has 0 radical (unpaired) electrons. The van der Waals surface area contributed by atoms with E-state index in [-0.39, 0.29) is 12.5 Å². The van der Waals surface area contributed by atoms with Crippen molar-refractivity contribution < 1.29 is 13.2 Å². The van der Waals surface area contributed by atoms with Crippen LogP contribution >= 0.6 is 0 Å². The second-order valence-electron chi connectivity index (χ2n) is 4.50. The van der Waals surface area contributed by atoms with Crippen LogP contribution in [-0.2, 0) is 14.8 Å². The first-order valence-corrected chi connectivity index (χ1v) is 8.44. The molecule has 0 saturated carbocycles. The summed E-state index contributed by atoms with van der Waals surface area (Å²) in [4.78, 5) is 13.7. The molecule has 0 N–H and O–H groups in total. The van der Waals surface area contributed by atoms with E-state index in [1.807, 2.05) is 19.9 Å². The monoisotopic (exact) mass is 309 g/mol. The number of amides is 1. The van der Waals surface area contributed by atoms with Crippen LogP contribution in [0.4, 0.5) is 5.69 Å². The Morgan fingerprint density at radius 1 is 1.29 bits per heavy atom. The van der Waals surface area contributed by atoms with Gasteiger partial charge in [0.2, 0.25) is 15.9 Å². The Morgan fingerprint density at radius 2 is 1.90 bits per heavy atom. The summed E-state index contributed by atoms with van der Waals surface area (Å²) in [6, 6.07) is 8.15. The first-order chi connectivity index (χ1) is 9.83. The van der Waals surface area contributed by atoms with Crippen molar-refractivity contribution in [1.82, 2.24) is 4.90 Å². The largest absolute Gasteiger partial charge is 0.342 e. The first-order valence-electron chi connectivity index (χ1n) is 6.59. The van der Waals surface area contributed by atoms with E-state index in [0.717, 1.165) is 10.6 Å². The average molecular weight is 309 g/mol. The molecular formula is C14H19N3O3S. The number of rotatable bonds is 6. The second-order valence-corrected chi connectivity index (χ2v) is 6.40. The fourth-order valence-corrected chi connectivity index (χ4v) is 2.77. The van der Waals surface area contributed by atoms with Gasteiger partial charge in [0.15, 0.2) is 0 Å². The third-order valence-corrected chi connectivity index (χ3v) is 4.20. The lowest BCUT2D eigenvalue weighted by molar-refractivity contribution is -0.129. The van der Waals surface area contributed by atoms with Gasteiger partial charge < -0.3 is 4.90 Å². The van der Waals surface area contributed by atoms with Crippen LogP contribution in [0.5, 0.6) is 0 Å². The molecule has 0 unspecified atom stereocenters. The molecule has 0 fully saturated rings. The van der Waals surface area contributed by atoms with Gasteiger partial charge in [-0.1, -0.05) is 6.07 Å². The summed E-state index contributed by atoms with van der Waals surface area (Å²) in [5.41, 5.74) is 0.661. The van der Waals surface area contributed by atoms with Crippen molar-refractivity contribution in [2.24, 2.45) is 0 Å². The Labute approximate surface area is 125 Å². The first kappa shape index (κ1) is 17.0. The number of sulfonamides is 1. The maximum Gasteiger partial charge on any atom is 0.243 e. The van der Waals surface area contributed by atoms with E-state index < -0.39 is 10.0 Å². The highest BCUT2D eigenvalue weighted by Gasteiger charge is 2.23. The fourth-order valence-electron chi connectivity index (χ4n) is 1.93. The van der Waals surface area contributed by atoms with Gasteiger partial charge in [0, 0.05) is 13.1 Å². The van der Waals surface area contributed by atoms with Crippen LogP contribution in [0.3, 0.4) is 0 Å². The van der Waals surface area contributed by atoms with E-state index >= 15 is 0 Å². The predicted octanol–water partition coefficient (Wildman–Crippen LogP) is 1.19. The lowest BCUT2D eigenvalue weighted by atomic mass is 10.2. The van der Waals surface area contributed by atoms with Crippen molar-refractivity contribution in [3.05, 3.63) is 29.8 Å². The number of anilines is 1. The predicted molar refractivity (Wildman–Crippen MR) is 81.3 cm³/mol. The minimum Gasteiger partial charge on any atom is -0.342 e. The van der Waals surface area contributed by atoms with E-state index in [1.54, 1.807) is 23.1 Å². The Balaban J connectivity index is 3.14.